The molecular formula is C12H15Cl2NO3. The number of ether oxygens (including phenoxy) is 2. The monoisotopic (exact) mass is 291 g/mol. The second-order valence-corrected chi connectivity index (χ2v) is 4.25. The molecule has 0 aliphatic heterocycles. The SMILES string of the molecule is CCOC(=O)COCCNc1cc(Cl)ccc1Cl. The predicted octanol–water partition coefficient (Wildman–Crippen LogP) is 2.99. The summed E-state index contributed by atoms with van der Waals surface area (Å²) in [7, 11) is 0. The van der Waals surface area contributed by atoms with Gasteiger partial charge in [0.05, 0.1) is 23.9 Å². The van der Waals surface area contributed by atoms with Crippen LogP contribution in [-0.4, -0.2) is 32.3 Å². The van der Waals surface area contributed by atoms with Crippen LogP contribution in [0.15, 0.2) is 18.2 Å². The molecule has 0 amide bonds. The summed E-state index contributed by atoms with van der Waals surface area (Å²) < 4.78 is 9.85. The molecule has 0 bridgehead atoms. The van der Waals surface area contributed by atoms with Gasteiger partial charge >= 0.3 is 5.97 Å². The molecule has 18 heavy (non-hydrogen) atoms. The first-order chi connectivity index (χ1) is 8.63. The van der Waals surface area contributed by atoms with E-state index in [4.69, 9.17) is 32.7 Å². The highest BCUT2D eigenvalue weighted by Gasteiger charge is 2.02. The third-order valence-electron chi connectivity index (χ3n) is 2.02. The van der Waals surface area contributed by atoms with Gasteiger partial charge in [0, 0.05) is 11.6 Å². The molecule has 0 aliphatic carbocycles. The maximum Gasteiger partial charge on any atom is 0.332 e. The molecule has 1 N–H and O–H groups in total. The van der Waals surface area contributed by atoms with Gasteiger partial charge in [-0.25, -0.2) is 4.79 Å². The third-order valence-corrected chi connectivity index (χ3v) is 2.58. The number of hydrogen-bond donors (Lipinski definition) is 1. The van der Waals surface area contributed by atoms with E-state index in [1.54, 1.807) is 25.1 Å². The van der Waals surface area contributed by atoms with Crippen molar-refractivity contribution in [2.45, 2.75) is 6.92 Å². The van der Waals surface area contributed by atoms with E-state index in [1.807, 2.05) is 0 Å². The minimum atomic E-state index is -0.363. The second-order valence-electron chi connectivity index (χ2n) is 3.41. The van der Waals surface area contributed by atoms with Gasteiger partial charge in [-0.2, -0.15) is 0 Å². The number of hydrogen-bond acceptors (Lipinski definition) is 4. The lowest BCUT2D eigenvalue weighted by Gasteiger charge is -2.09. The van der Waals surface area contributed by atoms with Gasteiger partial charge in [-0.3, -0.25) is 0 Å². The molecule has 0 spiro atoms. The van der Waals surface area contributed by atoms with Crippen molar-refractivity contribution in [2.75, 3.05) is 31.7 Å². The first-order valence-corrected chi connectivity index (χ1v) is 6.31. The molecule has 1 rings (SSSR count). The molecular weight excluding hydrogens is 277 g/mol. The van der Waals surface area contributed by atoms with Crippen LogP contribution in [0, 0.1) is 0 Å². The molecule has 6 heteroatoms. The Labute approximate surface area is 116 Å². The largest absolute Gasteiger partial charge is 0.464 e. The molecule has 0 atom stereocenters. The molecule has 0 heterocycles. The summed E-state index contributed by atoms with van der Waals surface area (Å²) >= 11 is 11.8. The Bertz CT molecular complexity index is 399. The van der Waals surface area contributed by atoms with Gasteiger partial charge in [-0.15, -0.1) is 0 Å². The summed E-state index contributed by atoms with van der Waals surface area (Å²) in [6, 6.07) is 5.16. The van der Waals surface area contributed by atoms with Crippen LogP contribution in [0.5, 0.6) is 0 Å². The van der Waals surface area contributed by atoms with Gasteiger partial charge in [0.15, 0.2) is 0 Å². The zero-order valence-electron chi connectivity index (χ0n) is 10.0. The summed E-state index contributed by atoms with van der Waals surface area (Å²) in [5, 5.41) is 4.26. The van der Waals surface area contributed by atoms with Crippen LogP contribution in [0.2, 0.25) is 10.0 Å². The molecule has 0 aromatic heterocycles. The molecule has 4 nitrogen and oxygen atoms in total. The van der Waals surface area contributed by atoms with E-state index in [-0.39, 0.29) is 12.6 Å². The third kappa shape index (κ3) is 5.58. The zero-order valence-corrected chi connectivity index (χ0v) is 11.6. The smallest absolute Gasteiger partial charge is 0.332 e. The van der Waals surface area contributed by atoms with Crippen molar-refractivity contribution in [1.82, 2.24) is 0 Å². The van der Waals surface area contributed by atoms with E-state index in [1.165, 1.54) is 0 Å². The normalized spacial score (nSPS) is 10.2. The van der Waals surface area contributed by atoms with Gasteiger partial charge in [-0.1, -0.05) is 23.2 Å². The standard InChI is InChI=1S/C12H15Cl2NO3/c1-2-18-12(16)8-17-6-5-15-11-7-9(13)3-4-10(11)14/h3-4,7,15H,2,5-6,8H2,1H3. The Morgan fingerprint density at radius 3 is 2.89 bits per heavy atom. The average molecular weight is 292 g/mol. The van der Waals surface area contributed by atoms with E-state index < -0.39 is 0 Å². The topological polar surface area (TPSA) is 47.6 Å². The number of carbonyl (C=O) groups is 1. The van der Waals surface area contributed by atoms with Crippen LogP contribution < -0.4 is 5.32 Å². The number of anilines is 1. The highest BCUT2D eigenvalue weighted by Crippen LogP contribution is 2.24. The highest BCUT2D eigenvalue weighted by atomic mass is 35.5. The van der Waals surface area contributed by atoms with Crippen molar-refractivity contribution in [3.8, 4) is 0 Å². The van der Waals surface area contributed by atoms with Crippen molar-refractivity contribution in [3.63, 3.8) is 0 Å². The first-order valence-electron chi connectivity index (χ1n) is 5.55. The second kappa shape index (κ2) is 8.19. The minimum absolute atomic E-state index is 0.0429. The van der Waals surface area contributed by atoms with Gasteiger partial charge in [-0.05, 0) is 25.1 Å². The quantitative estimate of drug-likeness (QED) is 0.620. The molecule has 0 saturated heterocycles. The molecule has 0 aliphatic rings. The number of nitrogens with one attached hydrogen (secondary N) is 1. The molecule has 0 unspecified atom stereocenters. The lowest BCUT2D eigenvalue weighted by atomic mass is 10.3. The lowest BCUT2D eigenvalue weighted by molar-refractivity contribution is -0.148. The van der Waals surface area contributed by atoms with E-state index >= 15 is 0 Å². The van der Waals surface area contributed by atoms with Crippen molar-refractivity contribution in [2.24, 2.45) is 0 Å². The molecule has 1 aromatic rings. The molecule has 0 fully saturated rings. The molecule has 0 saturated carbocycles. The number of esters is 1. The number of carbonyl (C=O) groups excluding carboxylic acids is 1. The lowest BCUT2D eigenvalue weighted by Crippen LogP contribution is -2.16. The van der Waals surface area contributed by atoms with Crippen LogP contribution in [0.4, 0.5) is 5.69 Å². The summed E-state index contributed by atoms with van der Waals surface area (Å²) in [5.41, 5.74) is 0.740. The molecule has 0 radical (unpaired) electrons. The van der Waals surface area contributed by atoms with Crippen molar-refractivity contribution in [1.29, 1.82) is 0 Å². The summed E-state index contributed by atoms with van der Waals surface area (Å²) in [6.07, 6.45) is 0. The maximum atomic E-state index is 11.0. The van der Waals surface area contributed by atoms with E-state index in [0.29, 0.717) is 29.8 Å². The summed E-state index contributed by atoms with van der Waals surface area (Å²) in [5.74, 6) is -0.363. The summed E-state index contributed by atoms with van der Waals surface area (Å²) in [6.45, 7) is 2.97. The number of benzene rings is 1. The van der Waals surface area contributed by atoms with Crippen molar-refractivity contribution < 1.29 is 14.3 Å². The van der Waals surface area contributed by atoms with Crippen LogP contribution >= 0.6 is 23.2 Å². The van der Waals surface area contributed by atoms with Crippen LogP contribution in [0.3, 0.4) is 0 Å². The first kappa shape index (κ1) is 15.1. The van der Waals surface area contributed by atoms with Gasteiger partial charge < -0.3 is 14.8 Å². The van der Waals surface area contributed by atoms with Crippen molar-refractivity contribution >= 4 is 34.9 Å². The Morgan fingerprint density at radius 1 is 1.39 bits per heavy atom. The highest BCUT2D eigenvalue weighted by molar-refractivity contribution is 6.35. The van der Waals surface area contributed by atoms with Crippen LogP contribution in [-0.2, 0) is 14.3 Å². The van der Waals surface area contributed by atoms with E-state index in [2.05, 4.69) is 5.32 Å². The molecule has 100 valence electrons. The fraction of sp³-hybridized carbons (Fsp3) is 0.417. The van der Waals surface area contributed by atoms with Gasteiger partial charge in [0.25, 0.3) is 0 Å². The number of halogens is 2. The number of rotatable bonds is 7. The zero-order chi connectivity index (χ0) is 13.4. The fourth-order valence-corrected chi connectivity index (χ4v) is 1.61. The summed E-state index contributed by atoms with van der Waals surface area (Å²) in [4.78, 5) is 11.0. The van der Waals surface area contributed by atoms with Gasteiger partial charge in [0.1, 0.15) is 6.61 Å². The predicted molar refractivity (Wildman–Crippen MR) is 72.4 cm³/mol. The Morgan fingerprint density at radius 2 is 2.17 bits per heavy atom. The Balaban J connectivity index is 2.21. The maximum absolute atomic E-state index is 11.0. The van der Waals surface area contributed by atoms with E-state index in [9.17, 15) is 4.79 Å². The van der Waals surface area contributed by atoms with Crippen LogP contribution in [0.1, 0.15) is 6.92 Å². The Kier molecular flexibility index (Phi) is 6.86. The van der Waals surface area contributed by atoms with Crippen LogP contribution in [0.25, 0.3) is 0 Å². The Hall–Kier alpha value is -0.970. The molecule has 1 aromatic carbocycles. The minimum Gasteiger partial charge on any atom is -0.464 e. The van der Waals surface area contributed by atoms with Gasteiger partial charge in [0.2, 0.25) is 0 Å². The fourth-order valence-electron chi connectivity index (χ4n) is 1.25. The van der Waals surface area contributed by atoms with E-state index in [0.717, 1.165) is 5.69 Å². The average Bonchev–Trinajstić information content (AvgIpc) is 2.33. The van der Waals surface area contributed by atoms with Crippen molar-refractivity contribution in [3.05, 3.63) is 28.2 Å².